The fourth-order valence-corrected chi connectivity index (χ4v) is 3.39. The normalized spacial score (nSPS) is 38.2. The molecule has 2 aliphatic rings. The molecule has 0 bridgehead atoms. The lowest BCUT2D eigenvalue weighted by Gasteiger charge is -2.47. The average molecular weight is 505 g/mol. The van der Waals surface area contributed by atoms with Crippen LogP contribution in [-0.2, 0) is 38.1 Å². The number of carboxylic acids is 1. The Balaban J connectivity index is 0.00000242. The van der Waals surface area contributed by atoms with Gasteiger partial charge in [0, 0.05) is 21.1 Å². The Morgan fingerprint density at radius 2 is 1.58 bits per heavy atom. The summed E-state index contributed by atoms with van der Waals surface area (Å²) >= 11 is 0. The predicted molar refractivity (Wildman–Crippen MR) is 109 cm³/mol. The minimum atomic E-state index is -1.74. The summed E-state index contributed by atoms with van der Waals surface area (Å²) in [5, 5.41) is 59.2. The minimum Gasteiger partial charge on any atom is -0.483 e. The van der Waals surface area contributed by atoms with Crippen molar-refractivity contribution in [3.05, 3.63) is 0 Å². The largest absolute Gasteiger partial charge is 0.483 e. The Morgan fingerprint density at radius 3 is 2.00 bits per heavy atom. The van der Waals surface area contributed by atoms with Gasteiger partial charge in [-0.25, -0.2) is 4.79 Å². The lowest BCUT2D eigenvalue weighted by Crippen LogP contribution is -2.68. The van der Waals surface area contributed by atoms with Gasteiger partial charge in [0.15, 0.2) is 18.7 Å². The Bertz CT molecular complexity index is 627. The van der Waals surface area contributed by atoms with Crippen molar-refractivity contribution in [2.45, 2.75) is 68.3 Å². The van der Waals surface area contributed by atoms with Gasteiger partial charge in [-0.3, -0.25) is 9.59 Å². The van der Waals surface area contributed by atoms with Crippen molar-refractivity contribution in [1.82, 2.24) is 5.32 Å². The van der Waals surface area contributed by atoms with E-state index >= 15 is 0 Å². The highest BCUT2D eigenvalue weighted by atomic mass is 32.1. The van der Waals surface area contributed by atoms with Gasteiger partial charge < -0.3 is 59.6 Å². The van der Waals surface area contributed by atoms with Crippen LogP contribution in [0.1, 0.15) is 6.92 Å². The van der Waals surface area contributed by atoms with E-state index < -0.39 is 79.8 Å². The molecule has 2 saturated heterocycles. The molecule has 0 unspecified atom stereocenters. The van der Waals surface area contributed by atoms with Gasteiger partial charge in [-0.1, -0.05) is 0 Å². The number of ether oxygens (including phenoxy) is 5. The van der Waals surface area contributed by atoms with E-state index in [1.54, 1.807) is 0 Å². The van der Waals surface area contributed by atoms with E-state index in [4.69, 9.17) is 33.6 Å². The first-order chi connectivity index (χ1) is 15.1. The molecule has 0 radical (unpaired) electrons. The molecule has 10 atom stereocenters. The Labute approximate surface area is 195 Å². The summed E-state index contributed by atoms with van der Waals surface area (Å²) in [5.41, 5.74) is 0. The van der Waals surface area contributed by atoms with E-state index in [2.05, 4.69) is 5.32 Å². The van der Waals surface area contributed by atoms with Crippen LogP contribution in [0.15, 0.2) is 0 Å². The van der Waals surface area contributed by atoms with Crippen LogP contribution in [0.3, 0.4) is 0 Å². The van der Waals surface area contributed by atoms with E-state index in [1.165, 1.54) is 14.0 Å². The van der Waals surface area contributed by atoms with Crippen LogP contribution >= 0.6 is 13.5 Å². The van der Waals surface area contributed by atoms with E-state index in [9.17, 15) is 35.1 Å². The highest BCUT2D eigenvalue weighted by Gasteiger charge is 2.53. The summed E-state index contributed by atoms with van der Waals surface area (Å²) in [6, 6.07) is -1.10. The highest BCUT2D eigenvalue weighted by molar-refractivity contribution is 7.59. The van der Waals surface area contributed by atoms with Crippen LogP contribution in [0, 0.1) is 0 Å². The molecule has 1 amide bonds. The number of hydrogen-bond donors (Lipinski definition) is 7. The molecule has 15 nitrogen and oxygen atoms in total. The summed E-state index contributed by atoms with van der Waals surface area (Å²) < 4.78 is 26.3. The van der Waals surface area contributed by atoms with Crippen molar-refractivity contribution >= 4 is 31.8 Å². The number of carbonyl (C=O) groups is 3. The molecule has 2 rings (SSSR count). The molecule has 7 N–H and O–H groups in total. The number of carbonyl (C=O) groups excluding carboxylic acids is 1. The van der Waals surface area contributed by atoms with Crippen molar-refractivity contribution in [2.24, 2.45) is 0 Å². The number of aliphatic carboxylic acids is 1. The third-order valence-electron chi connectivity index (χ3n) is 4.81. The SMILES string of the molecule is CO[C@@H]1O[C@H](CO)[C@@H](O)[C@H](O[C@H]2O[C@H](C(=O)O)[C@@H](OC)[C@H](O)[C@H]2O)[C@H]1NC(C)=O.O=CO.S. The van der Waals surface area contributed by atoms with Crippen LogP contribution in [0.25, 0.3) is 0 Å². The summed E-state index contributed by atoms with van der Waals surface area (Å²) in [4.78, 5) is 31.4. The topological polar surface area (TPSA) is 231 Å². The van der Waals surface area contributed by atoms with Gasteiger partial charge in [0.25, 0.3) is 6.47 Å². The molecule has 0 aromatic carbocycles. The molecule has 2 aliphatic heterocycles. The molecule has 0 saturated carbocycles. The third kappa shape index (κ3) is 7.71. The van der Waals surface area contributed by atoms with Gasteiger partial charge in [-0.2, -0.15) is 13.5 Å². The van der Waals surface area contributed by atoms with Crippen molar-refractivity contribution in [1.29, 1.82) is 0 Å². The quantitative estimate of drug-likeness (QED) is 0.163. The van der Waals surface area contributed by atoms with Gasteiger partial charge >= 0.3 is 5.97 Å². The molecule has 2 heterocycles. The second-order valence-corrected chi connectivity index (χ2v) is 6.83. The molecule has 2 fully saturated rings. The maximum absolute atomic E-state index is 11.6. The van der Waals surface area contributed by atoms with Crippen molar-refractivity contribution in [3.8, 4) is 0 Å². The molecule has 0 spiro atoms. The van der Waals surface area contributed by atoms with Gasteiger partial charge in [0.1, 0.15) is 42.7 Å². The van der Waals surface area contributed by atoms with Crippen LogP contribution in [-0.4, -0.2) is 131 Å². The van der Waals surface area contributed by atoms with E-state index in [-0.39, 0.29) is 20.0 Å². The van der Waals surface area contributed by atoms with E-state index in [0.29, 0.717) is 0 Å². The first kappa shape index (κ1) is 31.4. The van der Waals surface area contributed by atoms with Crippen LogP contribution < -0.4 is 5.32 Å². The lowest BCUT2D eigenvalue weighted by molar-refractivity contribution is -0.339. The molecule has 33 heavy (non-hydrogen) atoms. The fraction of sp³-hybridized carbons (Fsp3) is 0.824. The fourth-order valence-electron chi connectivity index (χ4n) is 3.39. The molecular weight excluding hydrogens is 474 g/mol. The Morgan fingerprint density at radius 1 is 1.00 bits per heavy atom. The highest BCUT2D eigenvalue weighted by Crippen LogP contribution is 2.30. The summed E-state index contributed by atoms with van der Waals surface area (Å²) in [5.74, 6) is -1.98. The molecule has 0 aromatic heterocycles. The van der Waals surface area contributed by atoms with E-state index in [1.807, 2.05) is 0 Å². The maximum atomic E-state index is 11.6. The number of aliphatic hydroxyl groups is 4. The van der Waals surface area contributed by atoms with E-state index in [0.717, 1.165) is 7.11 Å². The van der Waals surface area contributed by atoms with Gasteiger partial charge in [0.05, 0.1) is 6.61 Å². The zero-order chi connectivity index (χ0) is 24.6. The number of aliphatic hydroxyl groups excluding tert-OH is 4. The monoisotopic (exact) mass is 505 g/mol. The van der Waals surface area contributed by atoms with Crippen LogP contribution in [0.4, 0.5) is 0 Å². The molecule has 0 aliphatic carbocycles. The molecular formula is C17H31NO14S. The molecule has 0 aromatic rings. The first-order valence-corrected chi connectivity index (χ1v) is 9.32. The van der Waals surface area contributed by atoms with Crippen LogP contribution in [0.2, 0.25) is 0 Å². The maximum Gasteiger partial charge on any atom is 0.335 e. The van der Waals surface area contributed by atoms with Crippen molar-refractivity contribution in [2.75, 3.05) is 20.8 Å². The number of carboxylic acid groups (broad SMARTS) is 2. The van der Waals surface area contributed by atoms with Crippen LogP contribution in [0.5, 0.6) is 0 Å². The van der Waals surface area contributed by atoms with Gasteiger partial charge in [-0.15, -0.1) is 0 Å². The summed E-state index contributed by atoms with van der Waals surface area (Å²) in [7, 11) is 2.41. The second-order valence-electron chi connectivity index (χ2n) is 6.83. The number of amides is 1. The smallest absolute Gasteiger partial charge is 0.335 e. The second kappa shape index (κ2) is 14.6. The Hall–Kier alpha value is -1.60. The zero-order valence-electron chi connectivity index (χ0n) is 18.0. The van der Waals surface area contributed by atoms with Crippen molar-refractivity contribution in [3.63, 3.8) is 0 Å². The van der Waals surface area contributed by atoms with Crippen molar-refractivity contribution < 1.29 is 68.7 Å². The summed E-state index contributed by atoms with van der Waals surface area (Å²) in [6.07, 6.45) is -13.3. The first-order valence-electron chi connectivity index (χ1n) is 9.32. The Kier molecular flexibility index (Phi) is 13.9. The lowest BCUT2D eigenvalue weighted by atomic mass is 9.95. The third-order valence-corrected chi connectivity index (χ3v) is 4.81. The number of hydrogen-bond acceptors (Lipinski definition) is 12. The van der Waals surface area contributed by atoms with Gasteiger partial charge in [0.2, 0.25) is 5.91 Å². The zero-order valence-corrected chi connectivity index (χ0v) is 19.0. The predicted octanol–water partition coefficient (Wildman–Crippen LogP) is -4.04. The molecule has 194 valence electrons. The minimum absolute atomic E-state index is 0. The average Bonchev–Trinajstić information content (AvgIpc) is 2.73. The summed E-state index contributed by atoms with van der Waals surface area (Å²) in [6.45, 7) is 0.335. The number of nitrogens with one attached hydrogen (secondary N) is 1. The molecule has 16 heteroatoms. The number of rotatable bonds is 7. The van der Waals surface area contributed by atoms with Gasteiger partial charge in [-0.05, 0) is 0 Å². The standard InChI is InChI=1S/C16H27NO12.CH2O2.H2S/c1-5(19)17-7-11(8(20)6(4-18)27-15(7)26-3)28-16-10(22)9(21)12(25-2)13(29-16)14(23)24;2-1-3;/h6-13,15-16,18,20-22H,4H2,1-3H3,(H,17,19)(H,23,24);1H,(H,2,3);1H2/t6-,7-,8-,9-,10-,11-,12+,13+,15-,16+;;/m1../s1. The number of methoxy groups -OCH3 is 2.